The molecule has 102 valence electrons. The highest BCUT2D eigenvalue weighted by atomic mass is 28.4. The van der Waals surface area contributed by atoms with Gasteiger partial charge in [0.1, 0.15) is 17.6 Å². The fraction of sp³-hybridized carbons (Fsp3) is 0.375. The number of hydrogen-bond acceptors (Lipinski definition) is 2. The molecule has 0 aliphatic carbocycles. The average molecular weight is 274 g/mol. The Morgan fingerprint density at radius 1 is 1.26 bits per heavy atom. The van der Waals surface area contributed by atoms with E-state index in [1.165, 1.54) is 0 Å². The number of rotatable bonds is 4. The number of fused-ring (bicyclic) bond motifs is 1. The van der Waals surface area contributed by atoms with Crippen molar-refractivity contribution in [3.63, 3.8) is 0 Å². The fourth-order valence-electron chi connectivity index (χ4n) is 2.03. The molecular weight excluding hydrogens is 252 g/mol. The van der Waals surface area contributed by atoms with E-state index in [0.29, 0.717) is 0 Å². The molecule has 0 amide bonds. The van der Waals surface area contributed by atoms with Crippen LogP contribution in [-0.2, 0) is 4.43 Å². The first-order valence-corrected chi connectivity index (χ1v) is 10.2. The highest BCUT2D eigenvalue weighted by Crippen LogP contribution is 2.34. The molecule has 2 rings (SSSR count). The third-order valence-electron chi connectivity index (χ3n) is 2.79. The van der Waals surface area contributed by atoms with E-state index in [9.17, 15) is 0 Å². The molecule has 0 spiro atoms. The van der Waals surface area contributed by atoms with Crippen LogP contribution in [0.1, 0.15) is 18.9 Å². The lowest BCUT2D eigenvalue weighted by Crippen LogP contribution is -2.27. The van der Waals surface area contributed by atoms with Gasteiger partial charge >= 0.3 is 0 Å². The molecule has 1 atom stereocenters. The van der Waals surface area contributed by atoms with Crippen molar-refractivity contribution in [3.8, 4) is 5.75 Å². The second-order valence-electron chi connectivity index (χ2n) is 5.70. The Kier molecular flexibility index (Phi) is 4.15. The number of para-hydroxylation sites is 1. The van der Waals surface area contributed by atoms with Crippen LogP contribution in [0.3, 0.4) is 0 Å². The van der Waals surface area contributed by atoms with Crippen LogP contribution in [0.5, 0.6) is 5.75 Å². The SMILES string of the molecule is C/C=C/CC1C=C(O[Si](C)(C)C)c2ccccc2O1. The van der Waals surface area contributed by atoms with E-state index < -0.39 is 8.32 Å². The molecule has 1 aliphatic heterocycles. The van der Waals surface area contributed by atoms with Gasteiger partial charge in [0.05, 0.1) is 5.56 Å². The molecular formula is C16H22O2Si. The molecule has 3 heteroatoms. The summed E-state index contributed by atoms with van der Waals surface area (Å²) < 4.78 is 12.2. The van der Waals surface area contributed by atoms with Crippen molar-refractivity contribution in [2.45, 2.75) is 39.1 Å². The van der Waals surface area contributed by atoms with Gasteiger partial charge in [0.15, 0.2) is 0 Å². The largest absolute Gasteiger partial charge is 0.544 e. The summed E-state index contributed by atoms with van der Waals surface area (Å²) in [6.07, 6.45) is 7.24. The normalized spacial score (nSPS) is 18.7. The molecule has 0 fully saturated rings. The maximum atomic E-state index is 6.21. The van der Waals surface area contributed by atoms with Crippen LogP contribution in [0.25, 0.3) is 5.76 Å². The monoisotopic (exact) mass is 274 g/mol. The summed E-state index contributed by atoms with van der Waals surface area (Å²) in [7, 11) is -1.62. The Labute approximate surface area is 116 Å². The third kappa shape index (κ3) is 3.74. The minimum atomic E-state index is -1.62. The Morgan fingerprint density at radius 3 is 2.68 bits per heavy atom. The summed E-state index contributed by atoms with van der Waals surface area (Å²) in [6, 6.07) is 8.10. The second-order valence-corrected chi connectivity index (χ2v) is 10.1. The second kappa shape index (κ2) is 5.66. The van der Waals surface area contributed by atoms with Crippen LogP contribution in [0.4, 0.5) is 0 Å². The van der Waals surface area contributed by atoms with Gasteiger partial charge in [-0.05, 0) is 44.8 Å². The van der Waals surface area contributed by atoms with Crippen molar-refractivity contribution in [2.24, 2.45) is 0 Å². The Balaban J connectivity index is 2.30. The van der Waals surface area contributed by atoms with E-state index in [2.05, 4.69) is 43.9 Å². The molecule has 1 aromatic carbocycles. The summed E-state index contributed by atoms with van der Waals surface area (Å²) >= 11 is 0. The Bertz CT molecular complexity index is 498. The van der Waals surface area contributed by atoms with Crippen LogP contribution < -0.4 is 4.74 Å². The predicted molar refractivity (Wildman–Crippen MR) is 82.7 cm³/mol. The molecule has 2 nitrogen and oxygen atoms in total. The highest BCUT2D eigenvalue weighted by Gasteiger charge is 2.25. The summed E-state index contributed by atoms with van der Waals surface area (Å²) in [5.41, 5.74) is 1.07. The van der Waals surface area contributed by atoms with Crippen molar-refractivity contribution < 1.29 is 9.16 Å². The van der Waals surface area contributed by atoms with Gasteiger partial charge < -0.3 is 9.16 Å². The molecule has 19 heavy (non-hydrogen) atoms. The zero-order chi connectivity index (χ0) is 13.9. The van der Waals surface area contributed by atoms with Gasteiger partial charge in [-0.15, -0.1) is 0 Å². The van der Waals surface area contributed by atoms with Gasteiger partial charge in [-0.2, -0.15) is 0 Å². The molecule has 0 bridgehead atoms. The van der Waals surface area contributed by atoms with Crippen molar-refractivity contribution in [1.29, 1.82) is 0 Å². The van der Waals surface area contributed by atoms with Gasteiger partial charge in [-0.1, -0.05) is 24.3 Å². The summed E-state index contributed by atoms with van der Waals surface area (Å²) in [5.74, 6) is 1.91. The quantitative estimate of drug-likeness (QED) is 0.590. The number of hydrogen-bond donors (Lipinski definition) is 0. The highest BCUT2D eigenvalue weighted by molar-refractivity contribution is 6.70. The van der Waals surface area contributed by atoms with Gasteiger partial charge in [-0.25, -0.2) is 0 Å². The zero-order valence-electron chi connectivity index (χ0n) is 12.1. The summed E-state index contributed by atoms with van der Waals surface area (Å²) in [6.45, 7) is 8.63. The van der Waals surface area contributed by atoms with E-state index >= 15 is 0 Å². The lowest BCUT2D eigenvalue weighted by Gasteiger charge is -2.29. The molecule has 0 saturated heterocycles. The van der Waals surface area contributed by atoms with Crippen LogP contribution in [0.2, 0.25) is 19.6 Å². The van der Waals surface area contributed by atoms with Crippen molar-refractivity contribution >= 4 is 14.1 Å². The molecule has 0 aromatic heterocycles. The van der Waals surface area contributed by atoms with E-state index in [-0.39, 0.29) is 6.10 Å². The third-order valence-corrected chi connectivity index (χ3v) is 3.62. The Hall–Kier alpha value is -1.48. The van der Waals surface area contributed by atoms with Crippen molar-refractivity contribution in [3.05, 3.63) is 48.1 Å². The average Bonchev–Trinajstić information content (AvgIpc) is 2.34. The smallest absolute Gasteiger partial charge is 0.242 e. The first-order valence-electron chi connectivity index (χ1n) is 6.77. The van der Waals surface area contributed by atoms with E-state index in [0.717, 1.165) is 23.5 Å². The topological polar surface area (TPSA) is 18.5 Å². The number of ether oxygens (including phenoxy) is 1. The summed E-state index contributed by atoms with van der Waals surface area (Å²) in [4.78, 5) is 0. The predicted octanol–water partition coefficient (Wildman–Crippen LogP) is 4.61. The lowest BCUT2D eigenvalue weighted by atomic mass is 10.1. The van der Waals surface area contributed by atoms with Gasteiger partial charge in [-0.3, -0.25) is 0 Å². The zero-order valence-corrected chi connectivity index (χ0v) is 13.1. The number of allylic oxidation sites excluding steroid dienone is 1. The maximum Gasteiger partial charge on any atom is 0.242 e. The maximum absolute atomic E-state index is 6.21. The van der Waals surface area contributed by atoms with E-state index in [1.807, 2.05) is 25.1 Å². The minimum Gasteiger partial charge on any atom is -0.544 e. The van der Waals surface area contributed by atoms with Gasteiger partial charge in [0, 0.05) is 6.42 Å². The molecule has 1 heterocycles. The summed E-state index contributed by atoms with van der Waals surface area (Å²) in [5, 5.41) is 0. The fourth-order valence-corrected chi connectivity index (χ4v) is 2.87. The lowest BCUT2D eigenvalue weighted by molar-refractivity contribution is 0.242. The molecule has 0 radical (unpaired) electrons. The molecule has 1 unspecified atom stereocenters. The van der Waals surface area contributed by atoms with E-state index in [4.69, 9.17) is 9.16 Å². The van der Waals surface area contributed by atoms with Crippen LogP contribution >= 0.6 is 0 Å². The standard InChI is InChI=1S/C16H22O2Si/c1-5-6-9-13-12-16(18-19(2,3)4)14-10-7-8-11-15(14)17-13/h5-8,10-13H,9H2,1-4H3/b6-5+. The van der Waals surface area contributed by atoms with Crippen molar-refractivity contribution in [1.82, 2.24) is 0 Å². The first-order chi connectivity index (χ1) is 8.99. The van der Waals surface area contributed by atoms with Crippen LogP contribution in [0.15, 0.2) is 42.5 Å². The van der Waals surface area contributed by atoms with Crippen LogP contribution in [0, 0.1) is 0 Å². The molecule has 0 N–H and O–H groups in total. The van der Waals surface area contributed by atoms with Crippen LogP contribution in [-0.4, -0.2) is 14.4 Å². The molecule has 0 saturated carbocycles. The van der Waals surface area contributed by atoms with Gasteiger partial charge in [0.2, 0.25) is 8.32 Å². The Morgan fingerprint density at radius 2 is 2.00 bits per heavy atom. The van der Waals surface area contributed by atoms with Crippen molar-refractivity contribution in [2.75, 3.05) is 0 Å². The molecule has 1 aromatic rings. The van der Waals surface area contributed by atoms with Gasteiger partial charge in [0.25, 0.3) is 0 Å². The van der Waals surface area contributed by atoms with E-state index in [1.54, 1.807) is 0 Å². The molecule has 1 aliphatic rings. The number of benzene rings is 1. The minimum absolute atomic E-state index is 0.0671. The first kappa shape index (κ1) is 13.9.